The van der Waals surface area contributed by atoms with Gasteiger partial charge in [0.1, 0.15) is 10.6 Å². The number of non-ortho nitro benzene ring substituents is 1. The molecule has 1 fully saturated rings. The lowest BCUT2D eigenvalue weighted by molar-refractivity contribution is -0.384. The summed E-state index contributed by atoms with van der Waals surface area (Å²) in [6, 6.07) is 6.04. The fourth-order valence-electron chi connectivity index (χ4n) is 3.71. The molecule has 7 nitrogen and oxygen atoms in total. The van der Waals surface area contributed by atoms with E-state index in [2.05, 4.69) is 5.32 Å². The quantitative estimate of drug-likeness (QED) is 0.390. The summed E-state index contributed by atoms with van der Waals surface area (Å²) in [5, 5.41) is 14.4. The van der Waals surface area contributed by atoms with Crippen LogP contribution in [-0.2, 0) is 9.53 Å². The number of esters is 1. The highest BCUT2D eigenvalue weighted by atomic mass is 32.1. The van der Waals surface area contributed by atoms with Gasteiger partial charge in [0, 0.05) is 28.5 Å². The number of hydrogen-bond donors (Lipinski definition) is 1. The van der Waals surface area contributed by atoms with Gasteiger partial charge in [-0.25, -0.2) is 4.79 Å². The molecule has 1 aliphatic carbocycles. The molecule has 1 aliphatic rings. The van der Waals surface area contributed by atoms with Crippen LogP contribution in [0.5, 0.6) is 0 Å². The van der Waals surface area contributed by atoms with Crippen LogP contribution in [0.2, 0.25) is 0 Å². The standard InChI is InChI=1S/C21H24N2O5S/c1-3-28-21(25)18-17(14-9-11-16(12-10-14)23(26)27)13(2)29-20(18)22-19(24)15-7-5-4-6-8-15/h9-12,15H,3-8H2,1-2H3,(H,22,24). The molecule has 0 saturated heterocycles. The first-order valence-corrected chi connectivity index (χ1v) is 10.6. The molecule has 1 aromatic carbocycles. The average Bonchev–Trinajstić information content (AvgIpc) is 3.04. The minimum Gasteiger partial charge on any atom is -0.462 e. The highest BCUT2D eigenvalue weighted by molar-refractivity contribution is 7.17. The van der Waals surface area contributed by atoms with Crippen LogP contribution in [0.25, 0.3) is 11.1 Å². The average molecular weight is 416 g/mol. The zero-order valence-corrected chi connectivity index (χ0v) is 17.3. The largest absolute Gasteiger partial charge is 0.462 e. The normalized spacial score (nSPS) is 14.4. The molecule has 8 heteroatoms. The summed E-state index contributed by atoms with van der Waals surface area (Å²) in [5.74, 6) is -0.611. The smallest absolute Gasteiger partial charge is 0.341 e. The van der Waals surface area contributed by atoms with E-state index in [1.165, 1.54) is 23.5 Å². The van der Waals surface area contributed by atoms with Gasteiger partial charge in [-0.05, 0) is 44.4 Å². The van der Waals surface area contributed by atoms with Crippen molar-refractivity contribution in [1.82, 2.24) is 0 Å². The predicted octanol–water partition coefficient (Wildman–Crippen LogP) is 5.33. The summed E-state index contributed by atoms with van der Waals surface area (Å²) in [7, 11) is 0. The number of aryl methyl sites for hydroxylation is 1. The van der Waals surface area contributed by atoms with Crippen LogP contribution in [0, 0.1) is 23.0 Å². The summed E-state index contributed by atoms with van der Waals surface area (Å²) >= 11 is 1.33. The molecular weight excluding hydrogens is 392 g/mol. The van der Waals surface area contributed by atoms with Gasteiger partial charge in [-0.1, -0.05) is 19.3 Å². The number of carbonyl (C=O) groups is 2. The van der Waals surface area contributed by atoms with E-state index >= 15 is 0 Å². The second-order valence-electron chi connectivity index (χ2n) is 7.09. The molecule has 0 bridgehead atoms. The number of nitrogens with zero attached hydrogens (tertiary/aromatic N) is 1. The number of nitro groups is 1. The maximum atomic E-state index is 12.7. The van der Waals surface area contributed by atoms with Gasteiger partial charge in [0.25, 0.3) is 5.69 Å². The van der Waals surface area contributed by atoms with E-state index in [4.69, 9.17) is 4.74 Å². The van der Waals surface area contributed by atoms with E-state index in [1.807, 2.05) is 6.92 Å². The molecule has 3 rings (SSSR count). The lowest BCUT2D eigenvalue weighted by Crippen LogP contribution is -2.25. The molecule has 1 heterocycles. The number of rotatable bonds is 6. The molecular formula is C21H24N2O5S. The molecule has 0 atom stereocenters. The van der Waals surface area contributed by atoms with E-state index in [0.717, 1.165) is 37.0 Å². The van der Waals surface area contributed by atoms with E-state index in [1.54, 1.807) is 19.1 Å². The molecule has 2 aromatic rings. The minimum absolute atomic E-state index is 0.0230. The van der Waals surface area contributed by atoms with Crippen LogP contribution in [-0.4, -0.2) is 23.4 Å². The number of amides is 1. The first-order chi connectivity index (χ1) is 13.9. The maximum Gasteiger partial charge on any atom is 0.341 e. The van der Waals surface area contributed by atoms with Crippen LogP contribution >= 0.6 is 11.3 Å². The number of carbonyl (C=O) groups excluding carboxylic acids is 2. The van der Waals surface area contributed by atoms with Crippen LogP contribution in [0.1, 0.15) is 54.3 Å². The van der Waals surface area contributed by atoms with Crippen molar-refractivity contribution in [3.05, 3.63) is 44.8 Å². The summed E-state index contributed by atoms with van der Waals surface area (Å²) in [4.78, 5) is 36.8. The first kappa shape index (κ1) is 21.0. The number of thiophene rings is 1. The first-order valence-electron chi connectivity index (χ1n) is 9.78. The summed E-state index contributed by atoms with van der Waals surface area (Å²) in [6.45, 7) is 3.80. The molecule has 1 N–H and O–H groups in total. The second kappa shape index (κ2) is 9.17. The van der Waals surface area contributed by atoms with Gasteiger partial charge < -0.3 is 10.1 Å². The molecule has 0 spiro atoms. The van der Waals surface area contributed by atoms with Crippen LogP contribution in [0.3, 0.4) is 0 Å². The summed E-state index contributed by atoms with van der Waals surface area (Å²) in [6.07, 6.45) is 4.96. The zero-order valence-electron chi connectivity index (χ0n) is 16.5. The fraction of sp³-hybridized carbons (Fsp3) is 0.429. The molecule has 1 saturated carbocycles. The van der Waals surface area contributed by atoms with Gasteiger partial charge in [-0.15, -0.1) is 11.3 Å². The topological polar surface area (TPSA) is 98.5 Å². The van der Waals surface area contributed by atoms with Gasteiger partial charge in [0.15, 0.2) is 0 Å². The SMILES string of the molecule is CCOC(=O)c1c(NC(=O)C2CCCCC2)sc(C)c1-c1ccc([N+](=O)[O-])cc1. The van der Waals surface area contributed by atoms with Crippen molar-refractivity contribution in [1.29, 1.82) is 0 Å². The van der Waals surface area contributed by atoms with Gasteiger partial charge in [-0.2, -0.15) is 0 Å². The molecule has 0 unspecified atom stereocenters. The van der Waals surface area contributed by atoms with Crippen molar-refractivity contribution >= 4 is 33.9 Å². The Labute approximate surface area is 173 Å². The van der Waals surface area contributed by atoms with Crippen molar-refractivity contribution in [2.45, 2.75) is 46.0 Å². The van der Waals surface area contributed by atoms with Crippen LogP contribution in [0.4, 0.5) is 10.7 Å². The van der Waals surface area contributed by atoms with E-state index < -0.39 is 10.9 Å². The Morgan fingerprint density at radius 2 is 1.86 bits per heavy atom. The fourth-order valence-corrected chi connectivity index (χ4v) is 4.77. The number of nitrogens with one attached hydrogen (secondary N) is 1. The predicted molar refractivity (Wildman–Crippen MR) is 112 cm³/mol. The Balaban J connectivity index is 1.98. The maximum absolute atomic E-state index is 12.7. The third-order valence-electron chi connectivity index (χ3n) is 5.14. The number of anilines is 1. The number of benzene rings is 1. The highest BCUT2D eigenvalue weighted by Crippen LogP contribution is 2.41. The summed E-state index contributed by atoms with van der Waals surface area (Å²) in [5.41, 5.74) is 1.60. The lowest BCUT2D eigenvalue weighted by Gasteiger charge is -2.20. The van der Waals surface area contributed by atoms with Gasteiger partial charge in [0.05, 0.1) is 11.5 Å². The van der Waals surface area contributed by atoms with Crippen molar-refractivity contribution in [3.8, 4) is 11.1 Å². The van der Waals surface area contributed by atoms with Gasteiger partial charge in [-0.3, -0.25) is 14.9 Å². The molecule has 154 valence electrons. The Bertz CT molecular complexity index is 914. The van der Waals surface area contributed by atoms with E-state index in [9.17, 15) is 19.7 Å². The van der Waals surface area contributed by atoms with Gasteiger partial charge in [0.2, 0.25) is 5.91 Å². The van der Waals surface area contributed by atoms with E-state index in [-0.39, 0.29) is 24.1 Å². The lowest BCUT2D eigenvalue weighted by atomic mass is 9.88. The second-order valence-corrected chi connectivity index (χ2v) is 8.31. The van der Waals surface area contributed by atoms with Crippen molar-refractivity contribution in [2.24, 2.45) is 5.92 Å². The number of ether oxygens (including phenoxy) is 1. The summed E-state index contributed by atoms with van der Waals surface area (Å²) < 4.78 is 5.24. The number of hydrogen-bond acceptors (Lipinski definition) is 6. The molecule has 1 aromatic heterocycles. The van der Waals surface area contributed by atoms with Crippen LogP contribution < -0.4 is 5.32 Å². The Morgan fingerprint density at radius 1 is 1.21 bits per heavy atom. The van der Waals surface area contributed by atoms with Crippen molar-refractivity contribution in [2.75, 3.05) is 11.9 Å². The van der Waals surface area contributed by atoms with Crippen molar-refractivity contribution < 1.29 is 19.2 Å². The molecule has 0 radical (unpaired) electrons. The van der Waals surface area contributed by atoms with Gasteiger partial charge >= 0.3 is 5.97 Å². The third kappa shape index (κ3) is 4.64. The molecule has 29 heavy (non-hydrogen) atoms. The molecule has 1 amide bonds. The molecule has 0 aliphatic heterocycles. The van der Waals surface area contributed by atoms with Crippen LogP contribution in [0.15, 0.2) is 24.3 Å². The Kier molecular flexibility index (Phi) is 6.64. The Hall–Kier alpha value is -2.74. The highest BCUT2D eigenvalue weighted by Gasteiger charge is 2.28. The Morgan fingerprint density at radius 3 is 2.45 bits per heavy atom. The minimum atomic E-state index is -0.510. The zero-order chi connectivity index (χ0) is 21.0. The monoisotopic (exact) mass is 416 g/mol. The third-order valence-corrected chi connectivity index (χ3v) is 6.16. The van der Waals surface area contributed by atoms with Crippen molar-refractivity contribution in [3.63, 3.8) is 0 Å². The van der Waals surface area contributed by atoms with E-state index in [0.29, 0.717) is 21.7 Å². The number of nitro benzene ring substituents is 1.